The Balaban J connectivity index is 2.23. The Morgan fingerprint density at radius 1 is 1.26 bits per heavy atom. The van der Waals surface area contributed by atoms with Crippen molar-refractivity contribution < 1.29 is 13.5 Å². The number of benzene rings is 1. The van der Waals surface area contributed by atoms with E-state index >= 15 is 0 Å². The maximum absolute atomic E-state index is 12.3. The van der Waals surface area contributed by atoms with Gasteiger partial charge in [-0.3, -0.25) is 0 Å². The van der Waals surface area contributed by atoms with Crippen LogP contribution in [-0.2, 0) is 15.7 Å². The second kappa shape index (κ2) is 5.58. The fraction of sp³-hybridized carbons (Fsp3) is 0.538. The first-order valence-electron chi connectivity index (χ1n) is 6.43. The van der Waals surface area contributed by atoms with E-state index in [1.165, 1.54) is 4.31 Å². The van der Waals surface area contributed by atoms with Crippen LogP contribution in [0.15, 0.2) is 30.3 Å². The highest BCUT2D eigenvalue weighted by Crippen LogP contribution is 2.23. The minimum absolute atomic E-state index is 0.288. The predicted octanol–water partition coefficient (Wildman–Crippen LogP) is 0.824. The highest BCUT2D eigenvalue weighted by molar-refractivity contribution is 7.87. The van der Waals surface area contributed by atoms with Crippen molar-refractivity contribution >= 4 is 10.2 Å². The van der Waals surface area contributed by atoms with Gasteiger partial charge in [0.2, 0.25) is 0 Å². The summed E-state index contributed by atoms with van der Waals surface area (Å²) >= 11 is 0. The molecule has 2 N–H and O–H groups in total. The number of aliphatic hydroxyl groups is 1. The van der Waals surface area contributed by atoms with E-state index in [2.05, 4.69) is 4.72 Å². The molecule has 2 rings (SSSR count). The van der Waals surface area contributed by atoms with Crippen LogP contribution in [0.1, 0.15) is 25.3 Å². The molecule has 1 unspecified atom stereocenters. The fourth-order valence-electron chi connectivity index (χ4n) is 2.27. The first-order chi connectivity index (χ1) is 8.98. The number of nitrogens with one attached hydrogen (secondary N) is 1. The number of aliphatic hydroxyl groups excluding tert-OH is 1. The van der Waals surface area contributed by atoms with E-state index < -0.39 is 15.7 Å². The minimum atomic E-state index is -3.55. The summed E-state index contributed by atoms with van der Waals surface area (Å²) in [7, 11) is -3.55. The molecule has 1 aromatic carbocycles. The van der Waals surface area contributed by atoms with Crippen molar-refractivity contribution in [2.24, 2.45) is 0 Å². The third-order valence-corrected chi connectivity index (χ3v) is 5.24. The van der Waals surface area contributed by atoms with Crippen LogP contribution in [0, 0.1) is 0 Å². The standard InChI is InChI=1S/C13H20N2O3S/c1-13(11-16,12-7-3-2-4-8-12)14-19(17,18)15-9-5-6-10-15/h2-4,7-8,14,16H,5-6,9-11H2,1H3. The minimum Gasteiger partial charge on any atom is -0.394 e. The van der Waals surface area contributed by atoms with Crippen molar-refractivity contribution in [1.29, 1.82) is 0 Å². The molecule has 0 spiro atoms. The van der Waals surface area contributed by atoms with E-state index in [0.29, 0.717) is 13.1 Å². The van der Waals surface area contributed by atoms with Crippen LogP contribution in [0.4, 0.5) is 0 Å². The molecule has 1 aliphatic heterocycles. The Morgan fingerprint density at radius 3 is 2.37 bits per heavy atom. The molecule has 6 heteroatoms. The lowest BCUT2D eigenvalue weighted by Gasteiger charge is -2.31. The van der Waals surface area contributed by atoms with Gasteiger partial charge >= 0.3 is 0 Å². The van der Waals surface area contributed by atoms with Gasteiger partial charge < -0.3 is 5.11 Å². The molecule has 1 atom stereocenters. The van der Waals surface area contributed by atoms with Gasteiger partial charge in [-0.15, -0.1) is 0 Å². The highest BCUT2D eigenvalue weighted by Gasteiger charge is 2.35. The van der Waals surface area contributed by atoms with Crippen molar-refractivity contribution in [3.63, 3.8) is 0 Å². The van der Waals surface area contributed by atoms with E-state index in [1.54, 1.807) is 6.92 Å². The molecule has 0 aromatic heterocycles. The molecule has 19 heavy (non-hydrogen) atoms. The van der Waals surface area contributed by atoms with E-state index in [0.717, 1.165) is 18.4 Å². The van der Waals surface area contributed by atoms with Gasteiger partial charge in [-0.25, -0.2) is 0 Å². The molecule has 1 fully saturated rings. The second-order valence-corrected chi connectivity index (χ2v) is 6.74. The van der Waals surface area contributed by atoms with Crippen molar-refractivity contribution in [2.45, 2.75) is 25.3 Å². The molecule has 0 radical (unpaired) electrons. The second-order valence-electron chi connectivity index (χ2n) is 5.07. The van der Waals surface area contributed by atoms with Gasteiger partial charge in [0, 0.05) is 13.1 Å². The van der Waals surface area contributed by atoms with Gasteiger partial charge in [-0.1, -0.05) is 30.3 Å². The van der Waals surface area contributed by atoms with E-state index in [9.17, 15) is 13.5 Å². The van der Waals surface area contributed by atoms with Crippen LogP contribution in [0.2, 0.25) is 0 Å². The molecule has 1 heterocycles. The van der Waals surface area contributed by atoms with Gasteiger partial charge in [0.15, 0.2) is 0 Å². The quantitative estimate of drug-likeness (QED) is 0.841. The number of nitrogens with zero attached hydrogens (tertiary/aromatic N) is 1. The zero-order chi connectivity index (χ0) is 13.9. The van der Waals surface area contributed by atoms with Crippen LogP contribution < -0.4 is 4.72 Å². The van der Waals surface area contributed by atoms with E-state index in [-0.39, 0.29) is 6.61 Å². The van der Waals surface area contributed by atoms with E-state index in [4.69, 9.17) is 0 Å². The Labute approximate surface area is 114 Å². The average molecular weight is 284 g/mol. The molecule has 0 aliphatic carbocycles. The maximum Gasteiger partial charge on any atom is 0.280 e. The van der Waals surface area contributed by atoms with Crippen molar-refractivity contribution in [3.8, 4) is 0 Å². The summed E-state index contributed by atoms with van der Waals surface area (Å²) in [6, 6.07) is 9.13. The zero-order valence-corrected chi connectivity index (χ0v) is 11.9. The average Bonchev–Trinajstić information content (AvgIpc) is 2.94. The summed E-state index contributed by atoms with van der Waals surface area (Å²) in [6.45, 7) is 2.50. The summed E-state index contributed by atoms with van der Waals surface area (Å²) in [5.41, 5.74) is -0.247. The first-order valence-corrected chi connectivity index (χ1v) is 7.87. The third kappa shape index (κ3) is 3.14. The first kappa shape index (κ1) is 14.5. The molecule has 0 bridgehead atoms. The maximum atomic E-state index is 12.3. The number of hydrogen-bond donors (Lipinski definition) is 2. The topological polar surface area (TPSA) is 69.6 Å². The molecule has 1 saturated heterocycles. The van der Waals surface area contributed by atoms with Crippen molar-refractivity contribution in [3.05, 3.63) is 35.9 Å². The predicted molar refractivity (Wildman–Crippen MR) is 73.7 cm³/mol. The summed E-state index contributed by atoms with van der Waals surface area (Å²) in [5, 5.41) is 9.60. The van der Waals surface area contributed by atoms with Gasteiger partial charge in [-0.05, 0) is 25.3 Å². The molecule has 5 nitrogen and oxygen atoms in total. The van der Waals surface area contributed by atoms with Crippen LogP contribution >= 0.6 is 0 Å². The Bertz CT molecular complexity index is 512. The zero-order valence-electron chi connectivity index (χ0n) is 11.0. The molecule has 0 amide bonds. The normalized spacial score (nSPS) is 20.3. The molecule has 1 aliphatic rings. The van der Waals surface area contributed by atoms with Crippen LogP contribution in [0.3, 0.4) is 0 Å². The van der Waals surface area contributed by atoms with Gasteiger partial charge in [0.05, 0.1) is 12.1 Å². The fourth-order valence-corrected chi connectivity index (χ4v) is 3.89. The van der Waals surface area contributed by atoms with Gasteiger partial charge in [0.1, 0.15) is 0 Å². The lowest BCUT2D eigenvalue weighted by atomic mass is 9.94. The van der Waals surface area contributed by atoms with E-state index in [1.807, 2.05) is 30.3 Å². The van der Waals surface area contributed by atoms with Crippen molar-refractivity contribution in [2.75, 3.05) is 19.7 Å². The Kier molecular flexibility index (Phi) is 4.25. The van der Waals surface area contributed by atoms with Crippen molar-refractivity contribution in [1.82, 2.24) is 9.03 Å². The van der Waals surface area contributed by atoms with Crippen LogP contribution in [0.25, 0.3) is 0 Å². The largest absolute Gasteiger partial charge is 0.394 e. The van der Waals surface area contributed by atoms with Crippen LogP contribution in [0.5, 0.6) is 0 Å². The summed E-state index contributed by atoms with van der Waals surface area (Å²) in [4.78, 5) is 0. The van der Waals surface area contributed by atoms with Gasteiger partial charge in [-0.2, -0.15) is 17.4 Å². The summed E-state index contributed by atoms with van der Waals surface area (Å²) < 4.78 is 28.6. The smallest absolute Gasteiger partial charge is 0.280 e. The lowest BCUT2D eigenvalue weighted by Crippen LogP contribution is -2.51. The molecule has 106 valence electrons. The lowest BCUT2D eigenvalue weighted by molar-refractivity contribution is 0.193. The molecule has 0 saturated carbocycles. The Morgan fingerprint density at radius 2 is 1.84 bits per heavy atom. The van der Waals surface area contributed by atoms with Gasteiger partial charge in [0.25, 0.3) is 10.2 Å². The SMILES string of the molecule is CC(CO)(NS(=O)(=O)N1CCCC1)c1ccccc1. The monoisotopic (exact) mass is 284 g/mol. The molecular formula is C13H20N2O3S. The number of rotatable bonds is 5. The highest BCUT2D eigenvalue weighted by atomic mass is 32.2. The molecular weight excluding hydrogens is 264 g/mol. The summed E-state index contributed by atoms with van der Waals surface area (Å²) in [6.07, 6.45) is 1.78. The third-order valence-electron chi connectivity index (χ3n) is 3.49. The number of hydrogen-bond acceptors (Lipinski definition) is 3. The molecule has 1 aromatic rings. The summed E-state index contributed by atoms with van der Waals surface area (Å²) in [5.74, 6) is 0. The van der Waals surface area contributed by atoms with Crippen LogP contribution in [-0.4, -0.2) is 37.5 Å². The Hall–Kier alpha value is -0.950.